The van der Waals surface area contributed by atoms with Gasteiger partial charge in [-0.1, -0.05) is 6.92 Å². The van der Waals surface area contributed by atoms with Crippen molar-refractivity contribution in [3.05, 3.63) is 21.9 Å². The molecule has 1 N–H and O–H groups in total. The van der Waals surface area contributed by atoms with Crippen LogP contribution in [0.1, 0.15) is 30.9 Å². The fourth-order valence-electron chi connectivity index (χ4n) is 1.89. The third-order valence-corrected chi connectivity index (χ3v) is 3.83. The lowest BCUT2D eigenvalue weighted by Gasteiger charge is -2.33. The standard InChI is InChI=1S/C11H17NS/c1-8-3-11(4-8)12-5-10-7-13-6-9(10)2/h6-8,11-12H,3-5H2,1-2H3. The Hall–Kier alpha value is -0.340. The molecule has 0 aromatic carbocycles. The molecule has 1 saturated carbocycles. The zero-order valence-corrected chi connectivity index (χ0v) is 9.16. The normalized spacial score (nSPS) is 27.2. The summed E-state index contributed by atoms with van der Waals surface area (Å²) in [6.07, 6.45) is 2.73. The zero-order chi connectivity index (χ0) is 9.26. The van der Waals surface area contributed by atoms with Crippen molar-refractivity contribution in [3.63, 3.8) is 0 Å². The fourth-order valence-corrected chi connectivity index (χ4v) is 2.75. The Bertz CT molecular complexity index is 273. The molecule has 0 unspecified atom stereocenters. The molecule has 13 heavy (non-hydrogen) atoms. The highest BCUT2D eigenvalue weighted by Crippen LogP contribution is 2.26. The lowest BCUT2D eigenvalue weighted by molar-refractivity contribution is 0.240. The Morgan fingerprint density at radius 1 is 1.46 bits per heavy atom. The van der Waals surface area contributed by atoms with Gasteiger partial charge in [0.25, 0.3) is 0 Å². The highest BCUT2D eigenvalue weighted by molar-refractivity contribution is 7.08. The molecule has 0 amide bonds. The molecule has 0 saturated heterocycles. The SMILES string of the molecule is Cc1cscc1CNC1CC(C)C1. The first kappa shape index (κ1) is 9.22. The Morgan fingerprint density at radius 3 is 2.77 bits per heavy atom. The van der Waals surface area contributed by atoms with Crippen molar-refractivity contribution in [1.29, 1.82) is 0 Å². The number of thiophene rings is 1. The number of aryl methyl sites for hydroxylation is 1. The molecule has 0 atom stereocenters. The maximum atomic E-state index is 3.60. The van der Waals surface area contributed by atoms with Crippen LogP contribution in [0.4, 0.5) is 0 Å². The smallest absolute Gasteiger partial charge is 0.0218 e. The zero-order valence-electron chi connectivity index (χ0n) is 8.34. The summed E-state index contributed by atoms with van der Waals surface area (Å²) < 4.78 is 0. The van der Waals surface area contributed by atoms with Gasteiger partial charge in [-0.15, -0.1) is 0 Å². The maximum Gasteiger partial charge on any atom is 0.0218 e. The second kappa shape index (κ2) is 3.81. The van der Waals surface area contributed by atoms with E-state index < -0.39 is 0 Å². The summed E-state index contributed by atoms with van der Waals surface area (Å²) in [4.78, 5) is 0. The van der Waals surface area contributed by atoms with Crippen molar-refractivity contribution in [2.45, 2.75) is 39.3 Å². The van der Waals surface area contributed by atoms with Gasteiger partial charge in [0, 0.05) is 12.6 Å². The molecular weight excluding hydrogens is 178 g/mol. The Balaban J connectivity index is 1.77. The summed E-state index contributed by atoms with van der Waals surface area (Å²) in [5.41, 5.74) is 2.91. The second-order valence-electron chi connectivity index (χ2n) is 4.23. The van der Waals surface area contributed by atoms with Crippen molar-refractivity contribution in [2.24, 2.45) is 5.92 Å². The van der Waals surface area contributed by atoms with E-state index in [2.05, 4.69) is 29.9 Å². The lowest BCUT2D eigenvalue weighted by Crippen LogP contribution is -2.39. The number of nitrogens with one attached hydrogen (secondary N) is 1. The number of hydrogen-bond acceptors (Lipinski definition) is 2. The largest absolute Gasteiger partial charge is 0.310 e. The van der Waals surface area contributed by atoms with Gasteiger partial charge in [0.2, 0.25) is 0 Å². The van der Waals surface area contributed by atoms with Crippen LogP contribution < -0.4 is 5.32 Å². The van der Waals surface area contributed by atoms with E-state index in [1.165, 1.54) is 24.0 Å². The Morgan fingerprint density at radius 2 is 2.23 bits per heavy atom. The third-order valence-electron chi connectivity index (χ3n) is 2.92. The fraction of sp³-hybridized carbons (Fsp3) is 0.636. The Kier molecular flexibility index (Phi) is 2.70. The molecule has 0 aliphatic heterocycles. The van der Waals surface area contributed by atoms with Gasteiger partial charge < -0.3 is 5.32 Å². The van der Waals surface area contributed by atoms with Crippen LogP contribution in [0, 0.1) is 12.8 Å². The van der Waals surface area contributed by atoms with E-state index in [-0.39, 0.29) is 0 Å². The second-order valence-corrected chi connectivity index (χ2v) is 4.98. The van der Waals surface area contributed by atoms with Crippen molar-refractivity contribution < 1.29 is 0 Å². The summed E-state index contributed by atoms with van der Waals surface area (Å²) in [5.74, 6) is 0.945. The quantitative estimate of drug-likeness (QED) is 0.782. The van der Waals surface area contributed by atoms with Crippen LogP contribution in [0.3, 0.4) is 0 Å². The first-order valence-electron chi connectivity index (χ1n) is 5.00. The average Bonchev–Trinajstić information content (AvgIpc) is 2.43. The Labute approximate surface area is 84.2 Å². The van der Waals surface area contributed by atoms with Crippen LogP contribution in [0.5, 0.6) is 0 Å². The molecule has 72 valence electrons. The van der Waals surface area contributed by atoms with Crippen molar-refractivity contribution >= 4 is 11.3 Å². The summed E-state index contributed by atoms with van der Waals surface area (Å²) in [6.45, 7) is 5.58. The molecule has 0 spiro atoms. The van der Waals surface area contributed by atoms with E-state index in [0.717, 1.165) is 18.5 Å². The van der Waals surface area contributed by atoms with Crippen LogP contribution in [0.2, 0.25) is 0 Å². The minimum Gasteiger partial charge on any atom is -0.310 e. The average molecular weight is 195 g/mol. The first-order valence-corrected chi connectivity index (χ1v) is 5.95. The van der Waals surface area contributed by atoms with Gasteiger partial charge in [-0.2, -0.15) is 11.3 Å². The summed E-state index contributed by atoms with van der Waals surface area (Å²) >= 11 is 1.80. The lowest BCUT2D eigenvalue weighted by atomic mass is 9.82. The molecule has 1 aromatic heterocycles. The predicted octanol–water partition coefficient (Wildman–Crippen LogP) is 2.94. The van der Waals surface area contributed by atoms with Gasteiger partial charge in [0.05, 0.1) is 0 Å². The molecule has 0 bridgehead atoms. The van der Waals surface area contributed by atoms with Crippen LogP contribution in [0.15, 0.2) is 10.8 Å². The molecule has 1 heterocycles. The van der Waals surface area contributed by atoms with E-state index in [1.807, 2.05) is 0 Å². The molecule has 1 aliphatic carbocycles. The van der Waals surface area contributed by atoms with Crippen LogP contribution >= 0.6 is 11.3 Å². The third kappa shape index (κ3) is 2.12. The summed E-state index contributed by atoms with van der Waals surface area (Å²) in [5, 5.41) is 8.08. The van der Waals surface area contributed by atoms with Crippen molar-refractivity contribution in [2.75, 3.05) is 0 Å². The number of rotatable bonds is 3. The molecule has 2 rings (SSSR count). The van der Waals surface area contributed by atoms with Gasteiger partial charge in [0.15, 0.2) is 0 Å². The summed E-state index contributed by atoms with van der Waals surface area (Å²) in [6, 6.07) is 0.786. The highest BCUT2D eigenvalue weighted by Gasteiger charge is 2.24. The minimum absolute atomic E-state index is 0.786. The van der Waals surface area contributed by atoms with Gasteiger partial charge in [-0.25, -0.2) is 0 Å². The van der Waals surface area contributed by atoms with E-state index in [4.69, 9.17) is 0 Å². The van der Waals surface area contributed by atoms with E-state index >= 15 is 0 Å². The molecule has 0 radical (unpaired) electrons. The molecule has 1 aliphatic rings. The van der Waals surface area contributed by atoms with Gasteiger partial charge in [-0.05, 0) is 47.6 Å². The highest BCUT2D eigenvalue weighted by atomic mass is 32.1. The van der Waals surface area contributed by atoms with E-state index in [1.54, 1.807) is 11.3 Å². The summed E-state index contributed by atoms with van der Waals surface area (Å²) in [7, 11) is 0. The van der Waals surface area contributed by atoms with Crippen molar-refractivity contribution in [3.8, 4) is 0 Å². The van der Waals surface area contributed by atoms with E-state index in [9.17, 15) is 0 Å². The number of hydrogen-bond donors (Lipinski definition) is 1. The molecule has 1 aromatic rings. The molecule has 2 heteroatoms. The van der Waals surface area contributed by atoms with Crippen LogP contribution in [-0.4, -0.2) is 6.04 Å². The monoisotopic (exact) mass is 195 g/mol. The first-order chi connectivity index (χ1) is 6.25. The predicted molar refractivity (Wildman–Crippen MR) is 58.1 cm³/mol. The minimum atomic E-state index is 0.786. The van der Waals surface area contributed by atoms with Crippen LogP contribution in [0.25, 0.3) is 0 Å². The van der Waals surface area contributed by atoms with E-state index in [0.29, 0.717) is 0 Å². The topological polar surface area (TPSA) is 12.0 Å². The molecular formula is C11H17NS. The van der Waals surface area contributed by atoms with Gasteiger partial charge in [0.1, 0.15) is 0 Å². The van der Waals surface area contributed by atoms with Crippen molar-refractivity contribution in [1.82, 2.24) is 5.32 Å². The molecule has 1 nitrogen and oxygen atoms in total. The molecule has 1 fully saturated rings. The van der Waals surface area contributed by atoms with Gasteiger partial charge >= 0.3 is 0 Å². The van der Waals surface area contributed by atoms with Crippen LogP contribution in [-0.2, 0) is 6.54 Å². The van der Waals surface area contributed by atoms with Gasteiger partial charge in [-0.3, -0.25) is 0 Å². The maximum absolute atomic E-state index is 3.60.